The summed E-state index contributed by atoms with van der Waals surface area (Å²) in [5.74, 6) is -11.4. The van der Waals surface area contributed by atoms with Gasteiger partial charge < -0.3 is 5.32 Å². The fourth-order valence-electron chi connectivity index (χ4n) is 6.19. The Morgan fingerprint density at radius 2 is 1.68 bits per heavy atom. The number of benzene rings is 2. The molecule has 0 saturated carbocycles. The predicted molar refractivity (Wildman–Crippen MR) is 158 cm³/mol. The number of Topliss-reactive ketones (excluding diaryl/α,β-unsaturated/α-hetero) is 1. The molecule has 0 saturated heterocycles. The van der Waals surface area contributed by atoms with Gasteiger partial charge in [-0.2, -0.15) is 13.9 Å². The zero-order chi connectivity index (χ0) is 33.7. The number of nitrogens with zero attached hydrogens (tertiary/aromatic N) is 3. The average molecular weight is 659 g/mol. The van der Waals surface area contributed by atoms with E-state index in [1.54, 1.807) is 18.2 Å². The number of allylic oxidation sites excluding steroid dienone is 1. The van der Waals surface area contributed by atoms with Crippen molar-refractivity contribution in [3.05, 3.63) is 118 Å². The maximum atomic E-state index is 15.0. The highest BCUT2D eigenvalue weighted by Crippen LogP contribution is 2.52. The van der Waals surface area contributed by atoms with Gasteiger partial charge in [-0.05, 0) is 53.5 Å². The smallest absolute Gasteiger partial charge is 0.290 e. The van der Waals surface area contributed by atoms with Crippen LogP contribution in [0.2, 0.25) is 0 Å². The summed E-state index contributed by atoms with van der Waals surface area (Å²) in [6, 6.07) is 11.7. The van der Waals surface area contributed by atoms with E-state index in [2.05, 4.69) is 22.0 Å². The van der Waals surface area contributed by atoms with E-state index in [1.165, 1.54) is 6.20 Å². The molecule has 0 unspecified atom stereocenters. The molecule has 4 aromatic rings. The topological polar surface area (TPSA) is 59.8 Å². The molecule has 1 atom stereocenters. The predicted octanol–water partition coefficient (Wildman–Crippen LogP) is 9.08. The van der Waals surface area contributed by atoms with Crippen LogP contribution in [0.25, 0.3) is 17.2 Å². The Kier molecular flexibility index (Phi) is 8.27. The minimum Gasteiger partial charge on any atom is -0.356 e. The molecule has 13 heteroatoms. The zero-order valence-corrected chi connectivity index (χ0v) is 24.5. The number of pyridine rings is 1. The molecule has 0 radical (unpaired) electrons. The molecule has 2 aliphatic rings. The van der Waals surface area contributed by atoms with E-state index in [0.717, 1.165) is 23.4 Å². The number of carbonyl (C=O) groups excluding carboxylic acids is 1. The van der Waals surface area contributed by atoms with Crippen molar-refractivity contribution >= 4 is 17.5 Å². The van der Waals surface area contributed by atoms with Gasteiger partial charge in [0.25, 0.3) is 18.3 Å². The first kappa shape index (κ1) is 32.1. The van der Waals surface area contributed by atoms with Crippen LogP contribution in [-0.2, 0) is 29.6 Å². The lowest BCUT2D eigenvalue weighted by Crippen LogP contribution is -2.33. The molecule has 0 spiro atoms. The molecule has 0 fully saturated rings. The minimum absolute atomic E-state index is 0.138. The molecule has 47 heavy (non-hydrogen) atoms. The fourth-order valence-corrected chi connectivity index (χ4v) is 6.19. The third-order valence-electron chi connectivity index (χ3n) is 8.20. The van der Waals surface area contributed by atoms with Gasteiger partial charge in [-0.15, -0.1) is 0 Å². The van der Waals surface area contributed by atoms with Gasteiger partial charge in [0, 0.05) is 54.4 Å². The molecule has 3 heterocycles. The second kappa shape index (κ2) is 12.1. The molecule has 0 amide bonds. The van der Waals surface area contributed by atoms with Gasteiger partial charge >= 0.3 is 0 Å². The van der Waals surface area contributed by atoms with Gasteiger partial charge in [0.15, 0.2) is 5.78 Å². The van der Waals surface area contributed by atoms with Crippen molar-refractivity contribution in [2.75, 3.05) is 5.32 Å². The molecule has 0 bridgehead atoms. The van der Waals surface area contributed by atoms with Gasteiger partial charge in [-0.3, -0.25) is 14.5 Å². The monoisotopic (exact) mass is 658 g/mol. The van der Waals surface area contributed by atoms with Crippen LogP contribution < -0.4 is 5.32 Å². The van der Waals surface area contributed by atoms with Crippen LogP contribution in [-0.4, -0.2) is 20.5 Å². The number of ketones is 1. The van der Waals surface area contributed by atoms with Gasteiger partial charge in [-0.1, -0.05) is 30.9 Å². The van der Waals surface area contributed by atoms with Crippen LogP contribution in [0, 0.1) is 11.6 Å². The van der Waals surface area contributed by atoms with E-state index in [-0.39, 0.29) is 16.7 Å². The molecular formula is C34H26F8N4O. The van der Waals surface area contributed by atoms with Crippen LogP contribution in [0.1, 0.15) is 65.4 Å². The van der Waals surface area contributed by atoms with E-state index < -0.39 is 84.4 Å². The Morgan fingerprint density at radius 3 is 2.40 bits per heavy atom. The lowest BCUT2D eigenvalue weighted by Gasteiger charge is -2.29. The van der Waals surface area contributed by atoms with Crippen LogP contribution in [0.4, 0.5) is 40.8 Å². The number of nitrogens with one attached hydrogen (secondary N) is 1. The SMILES string of the molecule is C=C1C=Cc2ccc(-c3cccnc3[C@@H](CC(=O)Cn3nc(C(F)F)c4c3C(F)(F)CCC4(F)F)Cc3cc(F)cc(F)c3)cc2N1. The summed E-state index contributed by atoms with van der Waals surface area (Å²) >= 11 is 0. The second-order valence-corrected chi connectivity index (χ2v) is 11.6. The number of hydrogen-bond donors (Lipinski definition) is 1. The first-order chi connectivity index (χ1) is 22.2. The average Bonchev–Trinajstić information content (AvgIpc) is 3.40. The number of alkyl halides is 6. The highest BCUT2D eigenvalue weighted by atomic mass is 19.3. The standard InChI is InChI=1S/C34H26F8N4O/c1-18-4-5-20-6-7-21(15-27(20)44-18)26-3-2-10-43-29(26)22(11-19-12-23(35)16-24(36)13-19)14-25(47)17-46-31-28(30(45-46)32(37)38)33(39,40)8-9-34(31,41)42/h2-7,10,12-13,15-16,22,32,44H,1,8-9,11,14,17H2/t22-/m1/s1. The first-order valence-electron chi connectivity index (χ1n) is 14.6. The van der Waals surface area contributed by atoms with E-state index in [4.69, 9.17) is 0 Å². The third-order valence-corrected chi connectivity index (χ3v) is 8.20. The van der Waals surface area contributed by atoms with E-state index in [9.17, 15) is 39.9 Å². The summed E-state index contributed by atoms with van der Waals surface area (Å²) in [6.07, 6.45) is -1.77. The Balaban J connectivity index is 1.39. The summed E-state index contributed by atoms with van der Waals surface area (Å²) in [4.78, 5) is 18.0. The van der Waals surface area contributed by atoms with Crippen molar-refractivity contribution < 1.29 is 39.9 Å². The number of fused-ring (bicyclic) bond motifs is 2. The highest BCUT2D eigenvalue weighted by molar-refractivity contribution is 5.82. The maximum absolute atomic E-state index is 15.0. The zero-order valence-electron chi connectivity index (χ0n) is 24.5. The molecule has 6 rings (SSSR count). The third kappa shape index (κ3) is 6.43. The molecule has 2 aromatic heterocycles. The van der Waals surface area contributed by atoms with E-state index in [1.807, 2.05) is 24.3 Å². The Morgan fingerprint density at radius 1 is 0.957 bits per heavy atom. The van der Waals surface area contributed by atoms with Crippen LogP contribution in [0.15, 0.2) is 73.1 Å². The van der Waals surface area contributed by atoms with Crippen LogP contribution >= 0.6 is 0 Å². The van der Waals surface area contributed by atoms with Crippen molar-refractivity contribution in [2.24, 2.45) is 0 Å². The van der Waals surface area contributed by atoms with Crippen molar-refractivity contribution in [3.63, 3.8) is 0 Å². The van der Waals surface area contributed by atoms with E-state index >= 15 is 0 Å². The summed E-state index contributed by atoms with van der Waals surface area (Å²) in [7, 11) is 0. The summed E-state index contributed by atoms with van der Waals surface area (Å²) < 4.78 is 115. The van der Waals surface area contributed by atoms with Crippen molar-refractivity contribution in [2.45, 2.75) is 56.4 Å². The van der Waals surface area contributed by atoms with Gasteiger partial charge in [0.2, 0.25) is 0 Å². The Hall–Kier alpha value is -4.81. The van der Waals surface area contributed by atoms with Gasteiger partial charge in [0.1, 0.15) is 29.6 Å². The first-order valence-corrected chi connectivity index (χ1v) is 14.6. The minimum atomic E-state index is -4.00. The normalized spacial score (nSPS) is 16.8. The Bertz CT molecular complexity index is 1900. The van der Waals surface area contributed by atoms with Gasteiger partial charge in [-0.25, -0.2) is 26.3 Å². The molecule has 1 aliphatic carbocycles. The van der Waals surface area contributed by atoms with Crippen LogP contribution in [0.5, 0.6) is 0 Å². The van der Waals surface area contributed by atoms with Gasteiger partial charge in [0.05, 0.1) is 11.3 Å². The number of halogens is 8. The quantitative estimate of drug-likeness (QED) is 0.182. The van der Waals surface area contributed by atoms with E-state index in [0.29, 0.717) is 28.6 Å². The lowest BCUT2D eigenvalue weighted by atomic mass is 9.86. The fraction of sp³-hybridized carbons (Fsp3) is 0.265. The molecule has 1 aliphatic heterocycles. The second-order valence-electron chi connectivity index (χ2n) is 11.6. The maximum Gasteiger partial charge on any atom is 0.290 e. The van der Waals surface area contributed by atoms with Crippen LogP contribution in [0.3, 0.4) is 0 Å². The molecule has 5 nitrogen and oxygen atoms in total. The number of anilines is 1. The largest absolute Gasteiger partial charge is 0.356 e. The summed E-state index contributed by atoms with van der Waals surface area (Å²) in [6.45, 7) is 2.88. The highest BCUT2D eigenvalue weighted by Gasteiger charge is 2.55. The summed E-state index contributed by atoms with van der Waals surface area (Å²) in [5.41, 5.74) is -0.528. The molecule has 2 aromatic carbocycles. The number of hydrogen-bond acceptors (Lipinski definition) is 4. The van der Waals surface area contributed by atoms with Crippen molar-refractivity contribution in [3.8, 4) is 11.1 Å². The molecule has 1 N–H and O–H groups in total. The molecule has 244 valence electrons. The lowest BCUT2D eigenvalue weighted by molar-refractivity contribution is -0.121. The van der Waals surface area contributed by atoms with Crippen molar-refractivity contribution in [1.29, 1.82) is 0 Å². The van der Waals surface area contributed by atoms with Crippen molar-refractivity contribution in [1.82, 2.24) is 14.8 Å². The number of aromatic nitrogens is 3. The molecular weight excluding hydrogens is 632 g/mol. The summed E-state index contributed by atoms with van der Waals surface area (Å²) in [5, 5.41) is 6.53. The number of carbonyl (C=O) groups is 1. The Labute approximate surface area is 263 Å². The number of rotatable bonds is 9.